The lowest BCUT2D eigenvalue weighted by molar-refractivity contribution is -0.118. The highest BCUT2D eigenvalue weighted by molar-refractivity contribution is 6.22. The molecule has 0 fully saturated rings. The van der Waals surface area contributed by atoms with E-state index in [1.807, 2.05) is 24.3 Å². The van der Waals surface area contributed by atoms with Crippen LogP contribution < -0.4 is 4.90 Å². The summed E-state index contributed by atoms with van der Waals surface area (Å²) in [6, 6.07) is 15.9. The molecule has 0 aromatic heterocycles. The van der Waals surface area contributed by atoms with E-state index in [0.717, 1.165) is 30.3 Å². The van der Waals surface area contributed by atoms with Gasteiger partial charge in [0.15, 0.2) is 0 Å². The van der Waals surface area contributed by atoms with Gasteiger partial charge in [-0.2, -0.15) is 0 Å². The molecule has 1 aliphatic heterocycles. The number of hydrogen-bond acceptors (Lipinski definition) is 3. The molecule has 2 aromatic carbocycles. The van der Waals surface area contributed by atoms with Crippen LogP contribution in [0.25, 0.3) is 0 Å². The number of aliphatic imine (C=N–C) groups is 1. The van der Waals surface area contributed by atoms with Crippen molar-refractivity contribution in [1.29, 1.82) is 0 Å². The Morgan fingerprint density at radius 1 is 1.00 bits per heavy atom. The molecular weight excluding hydrogens is 322 g/mol. The monoisotopic (exact) mass is 349 g/mol. The van der Waals surface area contributed by atoms with E-state index in [4.69, 9.17) is 4.99 Å². The maximum absolute atomic E-state index is 13.2. The van der Waals surface area contributed by atoms with E-state index in [2.05, 4.69) is 56.9 Å². The Balaban J connectivity index is 1.97. The zero-order valence-electron chi connectivity index (χ0n) is 16.1. The fourth-order valence-corrected chi connectivity index (χ4v) is 3.31. The molecule has 0 spiro atoms. The highest BCUT2D eigenvalue weighted by Gasteiger charge is 2.37. The van der Waals surface area contributed by atoms with Gasteiger partial charge in [0.05, 0.1) is 5.69 Å². The largest absolute Gasteiger partial charge is 0.343 e. The topological polar surface area (TPSA) is 35.9 Å². The number of nitrogens with zero attached hydrogens (tertiary/aromatic N) is 3. The number of rotatable bonds is 5. The van der Waals surface area contributed by atoms with Gasteiger partial charge in [0.2, 0.25) is 5.96 Å². The minimum absolute atomic E-state index is 0.0546. The van der Waals surface area contributed by atoms with Gasteiger partial charge in [-0.3, -0.25) is 4.79 Å². The van der Waals surface area contributed by atoms with E-state index >= 15 is 0 Å². The zero-order chi connectivity index (χ0) is 18.7. The molecule has 4 heteroatoms. The number of hydrogen-bond donors (Lipinski definition) is 0. The molecule has 136 valence electrons. The first-order valence-electron chi connectivity index (χ1n) is 9.33. The fourth-order valence-electron chi connectivity index (χ4n) is 3.31. The van der Waals surface area contributed by atoms with Crippen LogP contribution in [0.1, 0.15) is 30.5 Å². The number of amides is 1. The zero-order valence-corrected chi connectivity index (χ0v) is 16.1. The molecule has 26 heavy (non-hydrogen) atoms. The molecule has 2 aromatic rings. The Morgan fingerprint density at radius 3 is 2.31 bits per heavy atom. The standard InChI is InChI=1S/C22H27N3O/c1-5-24(6-2)22-23-20(15-18-10-8-7-9-11-18)21(26)25(22)19-13-12-16(3)17(4)14-19/h7-14,20H,5-6,15H2,1-4H3. The van der Waals surface area contributed by atoms with Crippen LogP contribution in [0.4, 0.5) is 5.69 Å². The normalized spacial score (nSPS) is 16.8. The molecule has 0 N–H and O–H groups in total. The third-order valence-electron chi connectivity index (χ3n) is 5.04. The summed E-state index contributed by atoms with van der Waals surface area (Å²) in [5.41, 5.74) is 4.44. The lowest BCUT2D eigenvalue weighted by Gasteiger charge is -2.28. The first-order chi connectivity index (χ1) is 12.5. The molecular formula is C22H27N3O. The quantitative estimate of drug-likeness (QED) is 0.819. The second-order valence-corrected chi connectivity index (χ2v) is 6.75. The van der Waals surface area contributed by atoms with Crippen LogP contribution in [0.15, 0.2) is 53.5 Å². The van der Waals surface area contributed by atoms with Crippen molar-refractivity contribution in [2.75, 3.05) is 18.0 Å². The van der Waals surface area contributed by atoms with Crippen molar-refractivity contribution in [3.05, 3.63) is 65.2 Å². The highest BCUT2D eigenvalue weighted by Crippen LogP contribution is 2.26. The van der Waals surface area contributed by atoms with Crippen molar-refractivity contribution in [3.8, 4) is 0 Å². The Hall–Kier alpha value is -2.62. The van der Waals surface area contributed by atoms with E-state index < -0.39 is 0 Å². The predicted octanol–water partition coefficient (Wildman–Crippen LogP) is 3.96. The number of guanidine groups is 1. The smallest absolute Gasteiger partial charge is 0.259 e. The van der Waals surface area contributed by atoms with Gasteiger partial charge in [-0.15, -0.1) is 0 Å². The number of benzene rings is 2. The second-order valence-electron chi connectivity index (χ2n) is 6.75. The Morgan fingerprint density at radius 2 is 1.69 bits per heavy atom. The molecule has 0 bridgehead atoms. The molecule has 1 heterocycles. The van der Waals surface area contributed by atoms with Gasteiger partial charge in [0.25, 0.3) is 5.91 Å². The molecule has 4 nitrogen and oxygen atoms in total. The molecule has 1 unspecified atom stereocenters. The van der Waals surface area contributed by atoms with E-state index in [1.54, 1.807) is 4.90 Å². The Bertz CT molecular complexity index is 809. The first-order valence-corrected chi connectivity index (χ1v) is 9.33. The molecule has 1 amide bonds. The third-order valence-corrected chi connectivity index (χ3v) is 5.04. The van der Waals surface area contributed by atoms with Gasteiger partial charge in [-0.25, -0.2) is 9.89 Å². The van der Waals surface area contributed by atoms with Crippen molar-refractivity contribution in [2.24, 2.45) is 4.99 Å². The minimum Gasteiger partial charge on any atom is -0.343 e. The van der Waals surface area contributed by atoms with Gasteiger partial charge in [-0.05, 0) is 56.5 Å². The van der Waals surface area contributed by atoms with Crippen LogP contribution in [0.3, 0.4) is 0 Å². The van der Waals surface area contributed by atoms with Crippen LogP contribution >= 0.6 is 0 Å². The third kappa shape index (κ3) is 3.50. The van der Waals surface area contributed by atoms with Gasteiger partial charge < -0.3 is 4.90 Å². The van der Waals surface area contributed by atoms with Crippen molar-refractivity contribution < 1.29 is 4.79 Å². The summed E-state index contributed by atoms with van der Waals surface area (Å²) in [5.74, 6) is 0.822. The van der Waals surface area contributed by atoms with Gasteiger partial charge >= 0.3 is 0 Å². The van der Waals surface area contributed by atoms with Crippen LogP contribution in [0, 0.1) is 13.8 Å². The molecule has 1 atom stereocenters. The average molecular weight is 349 g/mol. The summed E-state index contributed by atoms with van der Waals surface area (Å²) in [6.45, 7) is 10.0. The van der Waals surface area contributed by atoms with Crippen molar-refractivity contribution in [3.63, 3.8) is 0 Å². The summed E-state index contributed by atoms with van der Waals surface area (Å²) >= 11 is 0. The maximum Gasteiger partial charge on any atom is 0.259 e. The van der Waals surface area contributed by atoms with Crippen molar-refractivity contribution in [1.82, 2.24) is 4.90 Å². The molecule has 1 aliphatic rings. The number of carbonyl (C=O) groups is 1. The first kappa shape index (κ1) is 18.2. The molecule has 3 rings (SSSR count). The molecule has 0 saturated carbocycles. The van der Waals surface area contributed by atoms with E-state index in [9.17, 15) is 4.79 Å². The molecule has 0 radical (unpaired) electrons. The lowest BCUT2D eigenvalue weighted by atomic mass is 10.1. The predicted molar refractivity (Wildman–Crippen MR) is 108 cm³/mol. The minimum atomic E-state index is -0.366. The van der Waals surface area contributed by atoms with Gasteiger partial charge in [-0.1, -0.05) is 36.4 Å². The summed E-state index contributed by atoms with van der Waals surface area (Å²) in [5, 5.41) is 0. The summed E-state index contributed by atoms with van der Waals surface area (Å²) < 4.78 is 0. The van der Waals surface area contributed by atoms with Crippen LogP contribution in [-0.2, 0) is 11.2 Å². The van der Waals surface area contributed by atoms with Crippen LogP contribution in [0.2, 0.25) is 0 Å². The lowest BCUT2D eigenvalue weighted by Crippen LogP contribution is -2.45. The van der Waals surface area contributed by atoms with Gasteiger partial charge in [0, 0.05) is 19.5 Å². The number of aryl methyl sites for hydroxylation is 2. The summed E-state index contributed by atoms with van der Waals surface area (Å²) in [7, 11) is 0. The van der Waals surface area contributed by atoms with Crippen molar-refractivity contribution >= 4 is 17.6 Å². The number of anilines is 1. The second kappa shape index (κ2) is 7.73. The fraction of sp³-hybridized carbons (Fsp3) is 0.364. The van der Waals surface area contributed by atoms with E-state index in [0.29, 0.717) is 6.42 Å². The average Bonchev–Trinajstić information content (AvgIpc) is 2.96. The van der Waals surface area contributed by atoms with Crippen LogP contribution in [0.5, 0.6) is 0 Å². The summed E-state index contributed by atoms with van der Waals surface area (Å²) in [4.78, 5) is 22.0. The Kier molecular flexibility index (Phi) is 5.40. The highest BCUT2D eigenvalue weighted by atomic mass is 16.2. The summed E-state index contributed by atoms with van der Waals surface area (Å²) in [6.07, 6.45) is 0.631. The molecule has 0 saturated heterocycles. The number of carbonyl (C=O) groups excluding carboxylic acids is 1. The van der Waals surface area contributed by atoms with E-state index in [-0.39, 0.29) is 11.9 Å². The SMILES string of the molecule is CCN(CC)C1=NC(Cc2ccccc2)C(=O)N1c1ccc(C)c(C)c1. The van der Waals surface area contributed by atoms with Crippen molar-refractivity contribution in [2.45, 2.75) is 40.2 Å². The van der Waals surface area contributed by atoms with Crippen LogP contribution in [-0.4, -0.2) is 35.9 Å². The Labute approximate surface area is 156 Å². The van der Waals surface area contributed by atoms with E-state index in [1.165, 1.54) is 11.1 Å². The maximum atomic E-state index is 13.2. The molecule has 0 aliphatic carbocycles. The van der Waals surface area contributed by atoms with Gasteiger partial charge in [0.1, 0.15) is 6.04 Å².